The average Bonchev–Trinajstić information content (AvgIpc) is 3.23. The van der Waals surface area contributed by atoms with Crippen LogP contribution in [0, 0.1) is 17.8 Å². The van der Waals surface area contributed by atoms with E-state index < -0.39 is 0 Å². The molecule has 170 valence electrons. The van der Waals surface area contributed by atoms with Crippen LogP contribution < -0.4 is 5.43 Å². The van der Waals surface area contributed by atoms with E-state index in [1.54, 1.807) is 6.07 Å². The first-order valence-electron chi connectivity index (χ1n) is 11.5. The number of phenols is 1. The Kier molecular flexibility index (Phi) is 5.02. The Morgan fingerprint density at radius 3 is 2.78 bits per heavy atom. The molecule has 2 aromatic heterocycles. The number of rotatable bonds is 4. The normalized spacial score (nSPS) is 25.0. The molecule has 1 aromatic carbocycles. The first-order valence-corrected chi connectivity index (χ1v) is 12.4. The van der Waals surface area contributed by atoms with Crippen LogP contribution in [0.3, 0.4) is 0 Å². The van der Waals surface area contributed by atoms with Crippen molar-refractivity contribution in [2.24, 2.45) is 10.8 Å². The number of nitrogens with zero attached hydrogens (tertiary/aromatic N) is 2. The zero-order valence-electron chi connectivity index (χ0n) is 19.6. The summed E-state index contributed by atoms with van der Waals surface area (Å²) in [6.45, 7) is 12.7. The summed E-state index contributed by atoms with van der Waals surface area (Å²) in [5.41, 5.74) is 3.97. The number of aromatic hydroxyl groups is 1. The first-order chi connectivity index (χ1) is 15.1. The molecule has 5 rings (SSSR count). The molecule has 2 bridgehead atoms. The van der Waals surface area contributed by atoms with E-state index in [1.165, 1.54) is 30.4 Å². The first kappa shape index (κ1) is 21.7. The van der Waals surface area contributed by atoms with Gasteiger partial charge in [-0.2, -0.15) is 0 Å². The van der Waals surface area contributed by atoms with E-state index in [9.17, 15) is 9.90 Å². The third-order valence-electron chi connectivity index (χ3n) is 7.33. The highest BCUT2D eigenvalue weighted by atomic mass is 32.1. The summed E-state index contributed by atoms with van der Waals surface area (Å²) < 4.78 is 6.07. The molecule has 0 amide bonds. The Labute approximate surface area is 193 Å². The van der Waals surface area contributed by atoms with Crippen molar-refractivity contribution in [3.05, 3.63) is 44.8 Å². The lowest BCUT2D eigenvalue weighted by Gasteiger charge is -2.40. The van der Waals surface area contributed by atoms with E-state index in [0.717, 1.165) is 29.8 Å². The predicted molar refractivity (Wildman–Crippen MR) is 129 cm³/mol. The predicted octanol–water partition coefficient (Wildman–Crippen LogP) is 5.89. The monoisotopic (exact) mass is 452 g/mol. The number of hydrogen-bond donors (Lipinski definition) is 1. The molecule has 3 heterocycles. The number of aromatic nitrogens is 1. The van der Waals surface area contributed by atoms with Gasteiger partial charge in [-0.3, -0.25) is 9.69 Å². The second kappa shape index (κ2) is 7.42. The minimum Gasteiger partial charge on any atom is -0.507 e. The molecule has 1 aliphatic heterocycles. The molecule has 5 nitrogen and oxygen atoms in total. The van der Waals surface area contributed by atoms with E-state index in [1.807, 2.05) is 19.2 Å². The number of benzene rings is 1. The molecule has 0 spiro atoms. The Morgan fingerprint density at radius 1 is 1.31 bits per heavy atom. The SMILES string of the molecule is CCc1cc2c(=O)c(-c3nc(C)cs3)coc2c(CN2C[C@]3(C)C[C@H]2CC(C)(C)C3)c1O. The zero-order valence-corrected chi connectivity index (χ0v) is 20.4. The number of likely N-dealkylation sites (tertiary alicyclic amines) is 1. The fourth-order valence-electron chi connectivity index (χ4n) is 6.40. The second-order valence-corrected chi connectivity index (χ2v) is 11.8. The van der Waals surface area contributed by atoms with Crippen LogP contribution in [-0.2, 0) is 13.0 Å². The highest BCUT2D eigenvalue weighted by molar-refractivity contribution is 7.13. The molecule has 2 fully saturated rings. The third kappa shape index (κ3) is 3.57. The van der Waals surface area contributed by atoms with Crippen LogP contribution >= 0.6 is 11.3 Å². The molecule has 2 atom stereocenters. The van der Waals surface area contributed by atoms with Crippen LogP contribution in [0.5, 0.6) is 5.75 Å². The molecule has 0 radical (unpaired) electrons. The van der Waals surface area contributed by atoms with Gasteiger partial charge in [0.1, 0.15) is 22.6 Å². The van der Waals surface area contributed by atoms with Crippen molar-refractivity contribution in [1.29, 1.82) is 0 Å². The van der Waals surface area contributed by atoms with E-state index in [4.69, 9.17) is 4.42 Å². The summed E-state index contributed by atoms with van der Waals surface area (Å²) in [7, 11) is 0. The van der Waals surface area contributed by atoms with Crippen molar-refractivity contribution in [2.45, 2.75) is 72.9 Å². The molecule has 1 aliphatic carbocycles. The highest BCUT2D eigenvalue weighted by Gasteiger charge is 2.49. The summed E-state index contributed by atoms with van der Waals surface area (Å²) in [6, 6.07) is 2.30. The van der Waals surface area contributed by atoms with E-state index in [-0.39, 0.29) is 11.2 Å². The van der Waals surface area contributed by atoms with Crippen LogP contribution in [0.1, 0.15) is 63.8 Å². The minimum absolute atomic E-state index is 0.0789. The molecule has 1 N–H and O–H groups in total. The van der Waals surface area contributed by atoms with Gasteiger partial charge >= 0.3 is 0 Å². The van der Waals surface area contributed by atoms with Crippen molar-refractivity contribution in [1.82, 2.24) is 9.88 Å². The lowest BCUT2D eigenvalue weighted by atomic mass is 9.65. The average molecular weight is 453 g/mol. The number of phenolic OH excluding ortho intramolecular Hbond substituents is 1. The number of hydrogen-bond acceptors (Lipinski definition) is 6. The molecule has 0 unspecified atom stereocenters. The minimum atomic E-state index is -0.0789. The Hall–Kier alpha value is -2.18. The molecular weight excluding hydrogens is 420 g/mol. The molecular formula is C26H32N2O3S. The van der Waals surface area contributed by atoms with Gasteiger partial charge in [0, 0.05) is 30.2 Å². The summed E-state index contributed by atoms with van der Waals surface area (Å²) >= 11 is 1.45. The van der Waals surface area contributed by atoms with Gasteiger partial charge in [0.05, 0.1) is 16.5 Å². The molecule has 1 saturated heterocycles. The summed E-state index contributed by atoms with van der Waals surface area (Å²) in [4.78, 5) is 20.4. The largest absolute Gasteiger partial charge is 0.507 e. The summed E-state index contributed by atoms with van der Waals surface area (Å²) in [5.74, 6) is 0.270. The van der Waals surface area contributed by atoms with Gasteiger partial charge in [0.2, 0.25) is 5.43 Å². The maximum atomic E-state index is 13.4. The Balaban J connectivity index is 1.61. The van der Waals surface area contributed by atoms with Gasteiger partial charge in [-0.25, -0.2) is 4.98 Å². The van der Waals surface area contributed by atoms with Crippen molar-refractivity contribution in [2.75, 3.05) is 6.54 Å². The van der Waals surface area contributed by atoms with Gasteiger partial charge in [0.15, 0.2) is 0 Å². The smallest absolute Gasteiger partial charge is 0.202 e. The van der Waals surface area contributed by atoms with Crippen LogP contribution in [0.15, 0.2) is 26.9 Å². The number of thiazole rings is 1. The van der Waals surface area contributed by atoms with Crippen molar-refractivity contribution in [3.63, 3.8) is 0 Å². The van der Waals surface area contributed by atoms with E-state index >= 15 is 0 Å². The van der Waals surface area contributed by atoms with Gasteiger partial charge in [-0.05, 0) is 55.1 Å². The number of fused-ring (bicyclic) bond motifs is 3. The Morgan fingerprint density at radius 2 is 2.09 bits per heavy atom. The highest BCUT2D eigenvalue weighted by Crippen LogP contribution is 2.53. The molecule has 32 heavy (non-hydrogen) atoms. The van der Waals surface area contributed by atoms with Crippen molar-refractivity contribution in [3.8, 4) is 16.3 Å². The standard InChI is InChI=1S/C26H32N2O3S/c1-6-16-7-18-22(30)20(24-27-15(2)12-32-24)11-31-23(18)19(21(16)29)10-28-14-26(5)9-17(28)8-25(3,4)13-26/h7,11-12,17,29H,6,8-10,13-14H2,1-5H3/t17-,26-/m1/s1. The maximum absolute atomic E-state index is 13.4. The van der Waals surface area contributed by atoms with Gasteiger partial charge in [-0.15, -0.1) is 11.3 Å². The van der Waals surface area contributed by atoms with Crippen LogP contribution in [0.25, 0.3) is 21.5 Å². The van der Waals surface area contributed by atoms with Gasteiger partial charge in [-0.1, -0.05) is 27.7 Å². The van der Waals surface area contributed by atoms with E-state index in [2.05, 4.69) is 30.7 Å². The summed E-state index contributed by atoms with van der Waals surface area (Å²) in [6.07, 6.45) is 5.75. The van der Waals surface area contributed by atoms with Crippen LogP contribution in [0.2, 0.25) is 0 Å². The van der Waals surface area contributed by atoms with Crippen LogP contribution in [0.4, 0.5) is 0 Å². The zero-order chi connectivity index (χ0) is 22.8. The topological polar surface area (TPSA) is 66.6 Å². The molecule has 6 heteroatoms. The molecule has 1 saturated carbocycles. The maximum Gasteiger partial charge on any atom is 0.202 e. The van der Waals surface area contributed by atoms with Crippen LogP contribution in [-0.4, -0.2) is 27.6 Å². The van der Waals surface area contributed by atoms with Crippen molar-refractivity contribution < 1.29 is 9.52 Å². The quantitative estimate of drug-likeness (QED) is 0.534. The fraction of sp³-hybridized carbons (Fsp3) is 0.538. The third-order valence-corrected chi connectivity index (χ3v) is 8.32. The number of aryl methyl sites for hydroxylation is 2. The lowest BCUT2D eigenvalue weighted by Crippen LogP contribution is -2.34. The lowest BCUT2D eigenvalue weighted by molar-refractivity contribution is 0.126. The molecule has 3 aromatic rings. The van der Waals surface area contributed by atoms with Gasteiger partial charge < -0.3 is 9.52 Å². The van der Waals surface area contributed by atoms with Crippen molar-refractivity contribution >= 4 is 22.3 Å². The fourth-order valence-corrected chi connectivity index (χ4v) is 7.20. The summed E-state index contributed by atoms with van der Waals surface area (Å²) in [5, 5.41) is 14.3. The Bertz CT molecular complexity index is 1260. The molecule has 2 aliphatic rings. The van der Waals surface area contributed by atoms with E-state index in [0.29, 0.717) is 51.4 Å². The second-order valence-electron chi connectivity index (χ2n) is 11.0. The van der Waals surface area contributed by atoms with Gasteiger partial charge in [0.25, 0.3) is 0 Å².